The second kappa shape index (κ2) is 6.42. The molecule has 2 amide bonds. The third-order valence-corrected chi connectivity index (χ3v) is 3.85. The summed E-state index contributed by atoms with van der Waals surface area (Å²) in [6.07, 6.45) is 3.29. The molecular formula is C12H15N3O3S. The Hall–Kier alpha value is -1.76. The summed E-state index contributed by atoms with van der Waals surface area (Å²) in [6, 6.07) is 2.82. The molecule has 0 saturated carbocycles. The van der Waals surface area contributed by atoms with Crippen molar-refractivity contribution in [1.29, 1.82) is 0 Å². The van der Waals surface area contributed by atoms with Gasteiger partial charge in [-0.15, -0.1) is 0 Å². The number of nitrogens with one attached hydrogen (secondary N) is 2. The number of pyridine rings is 1. The van der Waals surface area contributed by atoms with Gasteiger partial charge in [-0.25, -0.2) is 14.6 Å². The Labute approximate surface area is 115 Å². The first-order valence-electron chi connectivity index (χ1n) is 6.00. The number of amides is 2. The van der Waals surface area contributed by atoms with E-state index in [2.05, 4.69) is 15.6 Å². The molecule has 0 radical (unpaired) electrons. The molecule has 19 heavy (non-hydrogen) atoms. The molecule has 1 saturated heterocycles. The van der Waals surface area contributed by atoms with Gasteiger partial charge in [-0.1, -0.05) is 0 Å². The summed E-state index contributed by atoms with van der Waals surface area (Å²) >= 11 is 1.90. The lowest BCUT2D eigenvalue weighted by atomic mass is 10.2. The van der Waals surface area contributed by atoms with Crippen LogP contribution in [0.5, 0.6) is 0 Å². The zero-order valence-electron chi connectivity index (χ0n) is 10.3. The summed E-state index contributed by atoms with van der Waals surface area (Å²) in [6.45, 7) is 0. The maximum Gasteiger partial charge on any atom is 0.354 e. The van der Waals surface area contributed by atoms with Crippen molar-refractivity contribution in [3.63, 3.8) is 0 Å². The van der Waals surface area contributed by atoms with E-state index in [0.29, 0.717) is 5.69 Å². The van der Waals surface area contributed by atoms with E-state index < -0.39 is 5.97 Å². The Morgan fingerprint density at radius 1 is 1.32 bits per heavy atom. The van der Waals surface area contributed by atoms with Crippen molar-refractivity contribution in [3.8, 4) is 0 Å². The van der Waals surface area contributed by atoms with Gasteiger partial charge in [0.25, 0.3) is 0 Å². The van der Waals surface area contributed by atoms with Gasteiger partial charge in [-0.05, 0) is 36.5 Å². The number of carbonyl (C=O) groups excluding carboxylic acids is 1. The van der Waals surface area contributed by atoms with E-state index in [9.17, 15) is 9.59 Å². The molecule has 1 aliphatic heterocycles. The van der Waals surface area contributed by atoms with E-state index in [0.717, 1.165) is 24.3 Å². The van der Waals surface area contributed by atoms with Crippen LogP contribution in [0.1, 0.15) is 23.3 Å². The molecule has 1 aromatic rings. The third kappa shape index (κ3) is 4.13. The SMILES string of the molecule is O=C(Nc1ccc(C(=O)O)nc1)NC1CCSCC1. The number of rotatable bonds is 3. The molecule has 102 valence electrons. The van der Waals surface area contributed by atoms with Crippen LogP contribution in [0.15, 0.2) is 18.3 Å². The smallest absolute Gasteiger partial charge is 0.354 e. The number of thioether (sulfide) groups is 1. The summed E-state index contributed by atoms with van der Waals surface area (Å²) in [5, 5.41) is 14.3. The Bertz CT molecular complexity index is 458. The highest BCUT2D eigenvalue weighted by molar-refractivity contribution is 7.99. The van der Waals surface area contributed by atoms with Crippen LogP contribution in [0.4, 0.5) is 10.5 Å². The van der Waals surface area contributed by atoms with Gasteiger partial charge in [0, 0.05) is 6.04 Å². The zero-order valence-corrected chi connectivity index (χ0v) is 11.1. The fourth-order valence-corrected chi connectivity index (χ4v) is 2.90. The molecular weight excluding hydrogens is 266 g/mol. The van der Waals surface area contributed by atoms with Crippen LogP contribution < -0.4 is 10.6 Å². The van der Waals surface area contributed by atoms with E-state index in [4.69, 9.17) is 5.11 Å². The van der Waals surface area contributed by atoms with Crippen molar-refractivity contribution in [2.75, 3.05) is 16.8 Å². The van der Waals surface area contributed by atoms with Gasteiger partial charge in [0.05, 0.1) is 11.9 Å². The topological polar surface area (TPSA) is 91.3 Å². The number of anilines is 1. The van der Waals surface area contributed by atoms with Crippen LogP contribution in [0.2, 0.25) is 0 Å². The van der Waals surface area contributed by atoms with E-state index in [1.165, 1.54) is 18.3 Å². The van der Waals surface area contributed by atoms with Crippen molar-refractivity contribution in [3.05, 3.63) is 24.0 Å². The van der Waals surface area contributed by atoms with Crippen LogP contribution >= 0.6 is 11.8 Å². The molecule has 0 spiro atoms. The summed E-state index contributed by atoms with van der Waals surface area (Å²) < 4.78 is 0. The van der Waals surface area contributed by atoms with Gasteiger partial charge >= 0.3 is 12.0 Å². The van der Waals surface area contributed by atoms with Gasteiger partial charge in [-0.2, -0.15) is 11.8 Å². The first-order chi connectivity index (χ1) is 9.15. The molecule has 0 unspecified atom stereocenters. The second-order valence-electron chi connectivity index (χ2n) is 4.22. The minimum absolute atomic E-state index is 0.0461. The normalized spacial score (nSPS) is 15.8. The van der Waals surface area contributed by atoms with Crippen LogP contribution in [-0.2, 0) is 0 Å². The summed E-state index contributed by atoms with van der Waals surface area (Å²) in [5.41, 5.74) is 0.433. The maximum absolute atomic E-state index is 11.7. The standard InChI is InChI=1S/C12H15N3O3S/c16-11(17)10-2-1-9(7-13-10)15-12(18)14-8-3-5-19-6-4-8/h1-2,7-8H,3-6H2,(H,16,17)(H2,14,15,18). The lowest BCUT2D eigenvalue weighted by molar-refractivity contribution is 0.0690. The molecule has 1 aromatic heterocycles. The van der Waals surface area contributed by atoms with Crippen molar-refractivity contribution in [2.24, 2.45) is 0 Å². The van der Waals surface area contributed by atoms with Crippen LogP contribution in [-0.4, -0.2) is 39.6 Å². The molecule has 0 aromatic carbocycles. The van der Waals surface area contributed by atoms with E-state index in [-0.39, 0.29) is 17.8 Å². The number of aromatic nitrogens is 1. The average molecular weight is 281 g/mol. The molecule has 1 fully saturated rings. The Balaban J connectivity index is 1.85. The van der Waals surface area contributed by atoms with Gasteiger partial charge in [0.15, 0.2) is 0 Å². The van der Waals surface area contributed by atoms with Gasteiger partial charge in [-0.3, -0.25) is 0 Å². The fraction of sp³-hybridized carbons (Fsp3) is 0.417. The van der Waals surface area contributed by atoms with Crippen LogP contribution in [0.3, 0.4) is 0 Å². The molecule has 2 rings (SSSR count). The number of carbonyl (C=O) groups is 2. The number of hydrogen-bond donors (Lipinski definition) is 3. The highest BCUT2D eigenvalue weighted by Crippen LogP contribution is 2.17. The number of urea groups is 1. The Morgan fingerprint density at radius 3 is 2.63 bits per heavy atom. The number of carboxylic acids is 1. The fourth-order valence-electron chi connectivity index (χ4n) is 1.79. The monoisotopic (exact) mass is 281 g/mol. The van der Waals surface area contributed by atoms with Crippen LogP contribution in [0, 0.1) is 0 Å². The van der Waals surface area contributed by atoms with E-state index >= 15 is 0 Å². The van der Waals surface area contributed by atoms with Crippen molar-refractivity contribution < 1.29 is 14.7 Å². The highest BCUT2D eigenvalue weighted by atomic mass is 32.2. The van der Waals surface area contributed by atoms with Gasteiger partial charge in [0.2, 0.25) is 0 Å². The predicted molar refractivity (Wildman–Crippen MR) is 73.7 cm³/mol. The highest BCUT2D eigenvalue weighted by Gasteiger charge is 2.15. The van der Waals surface area contributed by atoms with Gasteiger partial charge in [0.1, 0.15) is 5.69 Å². The summed E-state index contributed by atoms with van der Waals surface area (Å²) in [4.78, 5) is 26.1. The predicted octanol–water partition coefficient (Wildman–Crippen LogP) is 1.80. The second-order valence-corrected chi connectivity index (χ2v) is 5.45. The lowest BCUT2D eigenvalue weighted by Gasteiger charge is -2.22. The minimum atomic E-state index is -1.09. The number of hydrogen-bond acceptors (Lipinski definition) is 4. The minimum Gasteiger partial charge on any atom is -0.477 e. The molecule has 0 atom stereocenters. The first kappa shape index (κ1) is 13.7. The lowest BCUT2D eigenvalue weighted by Crippen LogP contribution is -2.40. The molecule has 0 aliphatic carbocycles. The maximum atomic E-state index is 11.7. The number of nitrogens with zero attached hydrogens (tertiary/aromatic N) is 1. The summed E-state index contributed by atoms with van der Waals surface area (Å²) in [5.74, 6) is 1.05. The average Bonchev–Trinajstić information content (AvgIpc) is 2.40. The van der Waals surface area contributed by atoms with E-state index in [1.807, 2.05) is 11.8 Å². The molecule has 7 heteroatoms. The van der Waals surface area contributed by atoms with Crippen molar-refractivity contribution >= 4 is 29.4 Å². The molecule has 2 heterocycles. The zero-order chi connectivity index (χ0) is 13.7. The molecule has 0 bridgehead atoms. The summed E-state index contributed by atoms with van der Waals surface area (Å²) in [7, 11) is 0. The Kier molecular flexibility index (Phi) is 4.62. The van der Waals surface area contributed by atoms with Crippen molar-refractivity contribution in [1.82, 2.24) is 10.3 Å². The first-order valence-corrected chi connectivity index (χ1v) is 7.15. The van der Waals surface area contributed by atoms with Crippen LogP contribution in [0.25, 0.3) is 0 Å². The van der Waals surface area contributed by atoms with E-state index in [1.54, 1.807) is 0 Å². The quantitative estimate of drug-likeness (QED) is 0.785. The Morgan fingerprint density at radius 2 is 2.05 bits per heavy atom. The van der Waals surface area contributed by atoms with Crippen molar-refractivity contribution in [2.45, 2.75) is 18.9 Å². The molecule has 6 nitrogen and oxygen atoms in total. The van der Waals surface area contributed by atoms with Gasteiger partial charge < -0.3 is 15.7 Å². The molecule has 3 N–H and O–H groups in total. The third-order valence-electron chi connectivity index (χ3n) is 2.80. The molecule has 1 aliphatic rings. The number of aromatic carboxylic acids is 1. The largest absolute Gasteiger partial charge is 0.477 e. The number of carboxylic acid groups (broad SMARTS) is 1.